The smallest absolute Gasteiger partial charge is 0.247 e. The Labute approximate surface area is 123 Å². The number of Topliss-reactive ketones (excluding diaryl/α,β-unsaturated/α-hetero) is 1. The van der Waals surface area contributed by atoms with Crippen LogP contribution in [0.5, 0.6) is 0 Å². The van der Waals surface area contributed by atoms with Gasteiger partial charge in [-0.25, -0.2) is 0 Å². The summed E-state index contributed by atoms with van der Waals surface area (Å²) < 4.78 is 2.27. The topological polar surface area (TPSA) is 23.3 Å². The second-order valence-electron chi connectivity index (χ2n) is 5.14. The van der Waals surface area contributed by atoms with E-state index >= 15 is 0 Å². The van der Waals surface area contributed by atoms with Gasteiger partial charge in [-0.3, -0.25) is 14.3 Å². The third kappa shape index (κ3) is 4.48. The molecule has 0 radical (unpaired) electrons. The van der Waals surface area contributed by atoms with Gasteiger partial charge in [0.15, 0.2) is 0 Å². The van der Waals surface area contributed by atoms with Crippen LogP contribution in [0.1, 0.15) is 33.1 Å². The summed E-state index contributed by atoms with van der Waals surface area (Å²) in [6.07, 6.45) is 10.5. The molecule has 3 heteroatoms. The molecule has 0 saturated carbocycles. The van der Waals surface area contributed by atoms with Gasteiger partial charge in [0.2, 0.25) is 11.6 Å². The van der Waals surface area contributed by atoms with Crippen molar-refractivity contribution in [2.45, 2.75) is 33.1 Å². The van der Waals surface area contributed by atoms with E-state index in [0.717, 1.165) is 31.5 Å². The summed E-state index contributed by atoms with van der Waals surface area (Å²) in [5, 5.41) is 0. The monoisotopic (exact) mass is 275 g/mol. The summed E-state index contributed by atoms with van der Waals surface area (Å²) in [6.45, 7) is 10.2. The maximum atomic E-state index is 12.4. The number of hydrogen-bond donors (Lipinski definition) is 0. The fraction of sp³-hybridized carbons (Fsp3) is 0.529. The number of nitrogens with zero attached hydrogens (tertiary/aromatic N) is 2. The molecule has 0 atom stereocenters. The number of amidine groups is 1. The summed E-state index contributed by atoms with van der Waals surface area (Å²) >= 11 is 0. The molecule has 1 aliphatic rings. The van der Waals surface area contributed by atoms with Gasteiger partial charge >= 0.3 is 0 Å². The predicted molar refractivity (Wildman–Crippen MR) is 85.3 cm³/mol. The van der Waals surface area contributed by atoms with E-state index in [4.69, 9.17) is 0 Å². The lowest BCUT2D eigenvalue weighted by molar-refractivity contribution is -0.493. The van der Waals surface area contributed by atoms with E-state index in [1.165, 1.54) is 12.3 Å². The van der Waals surface area contributed by atoms with Crippen LogP contribution in [0.4, 0.5) is 0 Å². The molecule has 0 amide bonds. The van der Waals surface area contributed by atoms with Crippen molar-refractivity contribution >= 4 is 11.6 Å². The van der Waals surface area contributed by atoms with Crippen LogP contribution in [0.15, 0.2) is 36.5 Å². The molecule has 0 unspecified atom stereocenters. The number of carbonyl (C=O) groups excluding carboxylic acids is 1. The van der Waals surface area contributed by atoms with Gasteiger partial charge in [-0.1, -0.05) is 37.8 Å². The number of ketones is 1. The Bertz CT molecular complexity index is 444. The van der Waals surface area contributed by atoms with Crippen molar-refractivity contribution in [2.75, 3.05) is 26.7 Å². The van der Waals surface area contributed by atoms with Crippen LogP contribution in [0.25, 0.3) is 0 Å². The van der Waals surface area contributed by atoms with Crippen molar-refractivity contribution in [3.63, 3.8) is 0 Å². The number of carbonyl (C=O) groups is 1. The number of allylic oxidation sites excluding steroid dienone is 4. The molecule has 0 aliphatic carbocycles. The maximum Gasteiger partial charge on any atom is 0.247 e. The van der Waals surface area contributed by atoms with Crippen LogP contribution in [-0.2, 0) is 4.79 Å². The predicted octanol–water partition coefficient (Wildman–Crippen LogP) is 2.79. The van der Waals surface area contributed by atoms with Gasteiger partial charge in [-0.15, -0.1) is 0 Å². The van der Waals surface area contributed by atoms with Gasteiger partial charge in [0.1, 0.15) is 6.54 Å². The minimum Gasteiger partial charge on any atom is -0.290 e. The summed E-state index contributed by atoms with van der Waals surface area (Å²) in [6, 6.07) is 0. The van der Waals surface area contributed by atoms with Crippen LogP contribution in [0.2, 0.25) is 0 Å². The molecule has 110 valence electrons. The molecule has 0 aromatic rings. The molecular weight excluding hydrogens is 248 g/mol. The number of hydrogen-bond acceptors (Lipinski definition) is 2. The molecule has 0 fully saturated rings. The Morgan fingerprint density at radius 3 is 2.75 bits per heavy atom. The molecule has 0 N–H and O–H groups in total. The maximum absolute atomic E-state index is 12.4. The summed E-state index contributed by atoms with van der Waals surface area (Å²) in [4.78, 5) is 14.7. The minimum absolute atomic E-state index is 0.157. The fourth-order valence-corrected chi connectivity index (χ4v) is 2.58. The lowest BCUT2D eigenvalue weighted by atomic mass is 10.1. The Balaban J connectivity index is 2.85. The van der Waals surface area contributed by atoms with E-state index in [9.17, 15) is 4.79 Å². The van der Waals surface area contributed by atoms with Crippen molar-refractivity contribution in [2.24, 2.45) is 0 Å². The van der Waals surface area contributed by atoms with Gasteiger partial charge in [-0.2, -0.15) is 0 Å². The largest absolute Gasteiger partial charge is 0.290 e. The average Bonchev–Trinajstić information content (AvgIpc) is 2.84. The summed E-state index contributed by atoms with van der Waals surface area (Å²) in [5.41, 5.74) is 0.727. The van der Waals surface area contributed by atoms with Crippen LogP contribution in [0, 0.1) is 0 Å². The second-order valence-corrected chi connectivity index (χ2v) is 5.14. The van der Waals surface area contributed by atoms with Crippen LogP contribution >= 0.6 is 0 Å². The van der Waals surface area contributed by atoms with Crippen molar-refractivity contribution in [3.05, 3.63) is 36.5 Å². The van der Waals surface area contributed by atoms with Crippen molar-refractivity contribution in [1.29, 1.82) is 0 Å². The first-order chi connectivity index (χ1) is 9.63. The fourth-order valence-electron chi connectivity index (χ4n) is 2.58. The van der Waals surface area contributed by atoms with Crippen molar-refractivity contribution < 1.29 is 9.37 Å². The highest BCUT2D eigenvalue weighted by Crippen LogP contribution is 2.10. The highest BCUT2D eigenvalue weighted by atomic mass is 16.1. The molecule has 0 bridgehead atoms. The van der Waals surface area contributed by atoms with E-state index in [0.29, 0.717) is 6.54 Å². The summed E-state index contributed by atoms with van der Waals surface area (Å²) in [7, 11) is 2.11. The normalized spacial score (nSPS) is 16.1. The molecule has 20 heavy (non-hydrogen) atoms. The Morgan fingerprint density at radius 2 is 2.25 bits per heavy atom. The first-order valence-corrected chi connectivity index (χ1v) is 7.44. The van der Waals surface area contributed by atoms with Gasteiger partial charge in [-0.05, 0) is 19.8 Å². The zero-order chi connectivity index (χ0) is 15.0. The van der Waals surface area contributed by atoms with Gasteiger partial charge in [0, 0.05) is 5.57 Å². The first-order valence-electron chi connectivity index (χ1n) is 7.44. The van der Waals surface area contributed by atoms with E-state index in [2.05, 4.69) is 30.0 Å². The lowest BCUT2D eigenvalue weighted by Gasteiger charge is -2.17. The zero-order valence-electron chi connectivity index (χ0n) is 13.1. The molecule has 3 nitrogen and oxygen atoms in total. The molecule has 0 spiro atoms. The minimum atomic E-state index is 0.157. The Morgan fingerprint density at radius 1 is 1.50 bits per heavy atom. The van der Waals surface area contributed by atoms with E-state index in [1.807, 2.05) is 19.1 Å². The quantitative estimate of drug-likeness (QED) is 0.405. The Kier molecular flexibility index (Phi) is 6.99. The molecule has 0 saturated heterocycles. The van der Waals surface area contributed by atoms with Crippen LogP contribution in [-0.4, -0.2) is 47.8 Å². The van der Waals surface area contributed by atoms with E-state index < -0.39 is 0 Å². The van der Waals surface area contributed by atoms with Crippen LogP contribution in [0.3, 0.4) is 0 Å². The molecule has 1 heterocycles. The zero-order valence-corrected chi connectivity index (χ0v) is 13.1. The van der Waals surface area contributed by atoms with Crippen molar-refractivity contribution in [1.82, 2.24) is 4.90 Å². The molecular formula is C17H27N2O+. The summed E-state index contributed by atoms with van der Waals surface area (Å²) in [5.74, 6) is 1.46. The second kappa shape index (κ2) is 8.51. The SMILES string of the molecule is C=C/C=C(\C=C/C)C(=O)CN(CCC)C1=[N+](C)CCC1. The molecule has 0 aromatic heterocycles. The molecule has 0 aromatic carbocycles. The third-order valence-corrected chi connectivity index (χ3v) is 3.49. The standard InChI is InChI=1S/C17H27N2O/c1-5-9-15(10-6-2)16(20)14-19(12-7-3)17-11-8-13-18(17)4/h5-6,9-10H,1,7-8,11-14H2,2-4H3/q+1/b10-6-,15-9+. The first kappa shape index (κ1) is 16.4. The highest BCUT2D eigenvalue weighted by molar-refractivity contribution is 6.01. The third-order valence-electron chi connectivity index (χ3n) is 3.49. The van der Waals surface area contributed by atoms with Gasteiger partial charge < -0.3 is 0 Å². The number of rotatable bonds is 7. The van der Waals surface area contributed by atoms with E-state index in [1.54, 1.807) is 12.2 Å². The lowest BCUT2D eigenvalue weighted by Crippen LogP contribution is -2.39. The van der Waals surface area contributed by atoms with Crippen molar-refractivity contribution in [3.8, 4) is 0 Å². The Hall–Kier alpha value is -1.64. The average molecular weight is 275 g/mol. The van der Waals surface area contributed by atoms with Crippen LogP contribution < -0.4 is 0 Å². The van der Waals surface area contributed by atoms with Gasteiger partial charge in [0.25, 0.3) is 0 Å². The molecule has 1 rings (SSSR count). The van der Waals surface area contributed by atoms with E-state index in [-0.39, 0.29) is 5.78 Å². The van der Waals surface area contributed by atoms with Gasteiger partial charge in [0.05, 0.1) is 26.6 Å². The molecule has 1 aliphatic heterocycles. The highest BCUT2D eigenvalue weighted by Gasteiger charge is 2.27.